The average Bonchev–Trinajstić information content (AvgIpc) is 4.14. The van der Waals surface area contributed by atoms with Crippen molar-refractivity contribution < 1.29 is 4.74 Å². The van der Waals surface area contributed by atoms with E-state index >= 15 is 0 Å². The van der Waals surface area contributed by atoms with Gasteiger partial charge in [-0.2, -0.15) is 0 Å². The fraction of sp³-hybridized carbons (Fsp3) is 0.143. The Kier molecular flexibility index (Phi) is 8.66. The quantitative estimate of drug-likeness (QED) is 0.175. The minimum atomic E-state index is -0.680. The maximum Gasteiger partial charge on any atom is 0.132 e. The average molecular weight is 956 g/mol. The summed E-state index contributed by atoms with van der Waals surface area (Å²) in [6.45, 7) is 13.9. The van der Waals surface area contributed by atoms with E-state index < -0.39 is 10.8 Å². The minimum absolute atomic E-state index is 0.0870. The van der Waals surface area contributed by atoms with E-state index in [0.29, 0.717) is 0 Å². The predicted octanol–water partition coefficient (Wildman–Crippen LogP) is 18.9. The van der Waals surface area contributed by atoms with Crippen LogP contribution in [0.4, 0.5) is 17.1 Å². The summed E-state index contributed by atoms with van der Waals surface area (Å²) >= 11 is 1.88. The molecule has 2 nitrogen and oxygen atoms in total. The zero-order valence-electron chi connectivity index (χ0n) is 42.0. The monoisotopic (exact) mass is 955 g/mol. The Bertz CT molecular complexity index is 4050. The topological polar surface area (TPSA) is 12.5 Å². The molecule has 0 N–H and O–H groups in total. The number of nitrogens with zero attached hydrogens (tertiary/aromatic N) is 1. The molecule has 0 radical (unpaired) electrons. The molecule has 0 saturated heterocycles. The first kappa shape index (κ1) is 42.7. The summed E-state index contributed by atoms with van der Waals surface area (Å²) in [5, 5.41) is 2.54. The lowest BCUT2D eigenvalue weighted by Gasteiger charge is -2.41. The van der Waals surface area contributed by atoms with Crippen LogP contribution in [0.15, 0.2) is 212 Å². The molecule has 0 atom stereocenters. The molecule has 3 heteroatoms. The summed E-state index contributed by atoms with van der Waals surface area (Å²) in [5.41, 5.74) is 22.6. The lowest BCUT2D eigenvalue weighted by molar-refractivity contribution is 0.433. The molecule has 0 unspecified atom stereocenters. The van der Waals surface area contributed by atoms with Gasteiger partial charge in [-0.15, -0.1) is 11.3 Å². The number of rotatable bonds is 3. The molecule has 11 aromatic rings. The van der Waals surface area contributed by atoms with Gasteiger partial charge in [0.05, 0.1) is 22.2 Å². The second kappa shape index (κ2) is 14.8. The van der Waals surface area contributed by atoms with E-state index in [4.69, 9.17) is 4.74 Å². The third-order valence-corrected chi connectivity index (χ3v) is 18.0. The number of hydrogen-bond donors (Lipinski definition) is 0. The van der Waals surface area contributed by atoms with Crippen molar-refractivity contribution >= 4 is 48.6 Å². The van der Waals surface area contributed by atoms with Crippen LogP contribution >= 0.6 is 11.3 Å². The van der Waals surface area contributed by atoms with Crippen LogP contribution in [0.1, 0.15) is 97.2 Å². The molecule has 2 spiro atoms. The van der Waals surface area contributed by atoms with Gasteiger partial charge >= 0.3 is 0 Å². The van der Waals surface area contributed by atoms with Crippen LogP contribution in [0.5, 0.6) is 11.5 Å². The highest BCUT2D eigenvalue weighted by Gasteiger charge is 2.54. The molecule has 1 aliphatic heterocycles. The first-order valence-corrected chi connectivity index (χ1v) is 26.6. The highest BCUT2D eigenvalue weighted by atomic mass is 32.1. The van der Waals surface area contributed by atoms with Crippen molar-refractivity contribution in [1.29, 1.82) is 0 Å². The maximum absolute atomic E-state index is 7.08. The zero-order chi connectivity index (χ0) is 49.2. The van der Waals surface area contributed by atoms with Crippen LogP contribution in [0, 0.1) is 0 Å². The molecule has 0 saturated carbocycles. The maximum atomic E-state index is 7.08. The number of hydrogen-bond acceptors (Lipinski definition) is 3. The van der Waals surface area contributed by atoms with Crippen LogP contribution < -0.4 is 9.64 Å². The van der Waals surface area contributed by atoms with Gasteiger partial charge in [-0.05, 0) is 144 Å². The van der Waals surface area contributed by atoms with E-state index in [2.05, 4.69) is 259 Å². The number of thiophene rings is 1. The summed E-state index contributed by atoms with van der Waals surface area (Å²) in [6.07, 6.45) is 0. The molecule has 0 fully saturated rings. The fourth-order valence-electron chi connectivity index (χ4n) is 13.7. The molecule has 1 aromatic heterocycles. The van der Waals surface area contributed by atoms with Gasteiger partial charge in [0.25, 0.3) is 0 Å². The highest BCUT2D eigenvalue weighted by molar-refractivity contribution is 7.26. The second-order valence-corrected chi connectivity index (χ2v) is 23.8. The molecule has 0 amide bonds. The third-order valence-electron chi connectivity index (χ3n) is 16.9. The molecule has 3 aliphatic carbocycles. The highest BCUT2D eigenvalue weighted by Crippen LogP contribution is 2.67. The van der Waals surface area contributed by atoms with Crippen molar-refractivity contribution in [2.45, 2.75) is 63.2 Å². The van der Waals surface area contributed by atoms with E-state index in [-0.39, 0.29) is 10.8 Å². The Morgan fingerprint density at radius 1 is 0.370 bits per heavy atom. The first-order valence-electron chi connectivity index (χ1n) is 25.8. The van der Waals surface area contributed by atoms with Crippen LogP contribution in [0.2, 0.25) is 0 Å². The number of fused-ring (bicyclic) bond motifs is 22. The molecule has 4 aliphatic rings. The Hall–Kier alpha value is -7.98. The summed E-state index contributed by atoms with van der Waals surface area (Å²) in [4.78, 5) is 2.62. The van der Waals surface area contributed by atoms with Gasteiger partial charge in [0, 0.05) is 42.6 Å². The first-order chi connectivity index (χ1) is 35.5. The summed E-state index contributed by atoms with van der Waals surface area (Å²) in [5.74, 6) is 1.81. The van der Waals surface area contributed by atoms with Crippen molar-refractivity contribution in [1.82, 2.24) is 0 Å². The third kappa shape index (κ3) is 5.58. The fourth-order valence-corrected chi connectivity index (χ4v) is 14.8. The normalized spacial score (nSPS) is 14.8. The van der Waals surface area contributed by atoms with E-state index in [0.717, 1.165) is 28.6 Å². The number of anilines is 3. The molecule has 2 heterocycles. The zero-order valence-corrected chi connectivity index (χ0v) is 42.8. The largest absolute Gasteiger partial charge is 0.457 e. The van der Waals surface area contributed by atoms with Crippen LogP contribution in [-0.4, -0.2) is 0 Å². The van der Waals surface area contributed by atoms with Crippen molar-refractivity contribution in [3.05, 3.63) is 268 Å². The second-order valence-electron chi connectivity index (χ2n) is 22.7. The summed E-state index contributed by atoms with van der Waals surface area (Å²) in [7, 11) is 0. The SMILES string of the molecule is CC(C)(C)c1ccc2c(c1)C1(c3cc(C(C)(C)C)ccc3O2)c2ccccc2-c2c(N(c3ccc4c(c3)C3(c5ccccc5-c5ccccc53)c3ccccc3-4)c3cccc4sc5ccccc5c34)cccc21. The minimum Gasteiger partial charge on any atom is -0.457 e. The Morgan fingerprint density at radius 2 is 0.836 bits per heavy atom. The molecular formula is C70H53NOS. The van der Waals surface area contributed by atoms with Gasteiger partial charge < -0.3 is 9.64 Å². The lowest BCUT2D eigenvalue weighted by Crippen LogP contribution is -2.33. The van der Waals surface area contributed by atoms with Crippen LogP contribution in [0.25, 0.3) is 53.6 Å². The molecule has 0 bridgehead atoms. The number of benzene rings is 10. The van der Waals surface area contributed by atoms with Crippen molar-refractivity contribution in [2.24, 2.45) is 0 Å². The van der Waals surface area contributed by atoms with Crippen molar-refractivity contribution in [3.8, 4) is 44.9 Å². The van der Waals surface area contributed by atoms with Gasteiger partial charge in [0.2, 0.25) is 0 Å². The molecule has 15 rings (SSSR count). The number of ether oxygens (including phenoxy) is 1. The standard InChI is InChI=1S/C70H53NOS/c1-67(2,3)42-33-37-61-57(39-42)70(58-40-43(68(4,5)6)34-38-62(58)72-61)54-27-15-10-22-49(54)65-55(70)28-17-29-59(65)71(60-30-18-32-64-66(60)50-23-11-16-31-63(50)73-64)44-35-36-48-47-21-9-14-26-53(47)69(56(48)41-44)51-24-12-7-19-45(51)46-20-8-13-25-52(46)69/h7-41H,1-6H3. The molecular weight excluding hydrogens is 903 g/mol. The Balaban J connectivity index is 1.07. The van der Waals surface area contributed by atoms with Gasteiger partial charge in [-0.25, -0.2) is 0 Å². The van der Waals surface area contributed by atoms with Crippen molar-refractivity contribution in [2.75, 3.05) is 4.90 Å². The van der Waals surface area contributed by atoms with Gasteiger partial charge in [0.15, 0.2) is 0 Å². The van der Waals surface area contributed by atoms with Gasteiger partial charge in [-0.1, -0.05) is 193 Å². The smallest absolute Gasteiger partial charge is 0.132 e. The Labute approximate surface area is 431 Å². The van der Waals surface area contributed by atoms with Crippen LogP contribution in [-0.2, 0) is 21.7 Å². The summed E-state index contributed by atoms with van der Waals surface area (Å²) < 4.78 is 9.64. The molecule has 10 aromatic carbocycles. The van der Waals surface area contributed by atoms with Crippen LogP contribution in [0.3, 0.4) is 0 Å². The molecule has 73 heavy (non-hydrogen) atoms. The van der Waals surface area contributed by atoms with E-state index in [1.807, 2.05) is 11.3 Å². The Morgan fingerprint density at radius 3 is 1.44 bits per heavy atom. The van der Waals surface area contributed by atoms with Gasteiger partial charge in [0.1, 0.15) is 11.5 Å². The summed E-state index contributed by atoms with van der Waals surface area (Å²) in [6, 6.07) is 81.0. The van der Waals surface area contributed by atoms with Crippen molar-refractivity contribution in [3.63, 3.8) is 0 Å². The molecule has 350 valence electrons. The lowest BCUT2D eigenvalue weighted by atomic mass is 9.64. The predicted molar refractivity (Wildman–Crippen MR) is 305 cm³/mol. The van der Waals surface area contributed by atoms with Gasteiger partial charge in [-0.3, -0.25) is 0 Å². The van der Waals surface area contributed by atoms with E-state index in [1.54, 1.807) is 0 Å². The van der Waals surface area contributed by atoms with E-state index in [1.165, 1.54) is 109 Å². The van der Waals surface area contributed by atoms with E-state index in [9.17, 15) is 0 Å².